The molecule has 0 bridgehead atoms. The van der Waals surface area contributed by atoms with Gasteiger partial charge in [0.25, 0.3) is 0 Å². The first kappa shape index (κ1) is 31.5. The van der Waals surface area contributed by atoms with Gasteiger partial charge < -0.3 is 26.3 Å². The molecule has 44 heavy (non-hydrogen) atoms. The Balaban J connectivity index is 1.89. The first-order chi connectivity index (χ1) is 20.8. The number of nitrogen functional groups attached to an aromatic ring is 2. The molecule has 0 saturated heterocycles. The zero-order valence-electron chi connectivity index (χ0n) is 23.0. The lowest BCUT2D eigenvalue weighted by Crippen LogP contribution is -2.29. The summed E-state index contributed by atoms with van der Waals surface area (Å²) in [4.78, 5) is 27.1. The van der Waals surface area contributed by atoms with E-state index in [0.717, 1.165) is 16.8 Å². The number of halogens is 5. The van der Waals surface area contributed by atoms with E-state index < -0.39 is 54.6 Å². The third-order valence-corrected chi connectivity index (χ3v) is 6.27. The lowest BCUT2D eigenvalue weighted by molar-refractivity contribution is -0.189. The van der Waals surface area contributed by atoms with E-state index in [1.807, 2.05) is 0 Å². The Morgan fingerprint density at radius 1 is 1.16 bits per heavy atom. The summed E-state index contributed by atoms with van der Waals surface area (Å²) in [6.07, 6.45) is -4.96. The maximum atomic E-state index is 15.9. The molecule has 0 saturated carbocycles. The number of amidine groups is 1. The van der Waals surface area contributed by atoms with Crippen molar-refractivity contribution in [3.05, 3.63) is 93.4 Å². The molecule has 232 valence electrons. The minimum atomic E-state index is -5.36. The number of H-pyrrole nitrogens is 1. The lowest BCUT2D eigenvalue weighted by Gasteiger charge is -2.22. The molecule has 0 spiro atoms. The number of para-hydroxylation sites is 2. The maximum absolute atomic E-state index is 15.9. The Labute approximate surface area is 246 Å². The molecule has 0 amide bonds. The fourth-order valence-corrected chi connectivity index (χ4v) is 4.20. The van der Waals surface area contributed by atoms with E-state index in [1.54, 1.807) is 19.1 Å². The topological polar surface area (TPSA) is 174 Å². The number of benzene rings is 3. The van der Waals surface area contributed by atoms with E-state index in [0.29, 0.717) is 12.0 Å². The number of nitrogens with one attached hydrogen (secondary N) is 3. The van der Waals surface area contributed by atoms with E-state index in [9.17, 15) is 27.2 Å². The standard InChI is InChI=1S/C28H26F5N7O4/c1-2-14-11-17(22(30)21(12-14)43-10-9-29)23(25-38-27(42)40(39-25)19-6-4-3-5-18(19)34)37-15-7-8-16(24(35)36)20(13-15)44-26(41)28(31,32)33/h3-8,11-13,23,37H,2,9-10,34H2,1H3,(H3,35,36)(H,38,39,42). The summed E-state index contributed by atoms with van der Waals surface area (Å²) < 4.78 is 78.4. The zero-order chi connectivity index (χ0) is 32.2. The maximum Gasteiger partial charge on any atom is 0.491 e. The number of ether oxygens (including phenoxy) is 2. The van der Waals surface area contributed by atoms with Crippen molar-refractivity contribution < 1.29 is 36.2 Å². The molecule has 4 aromatic rings. The molecule has 11 nitrogen and oxygen atoms in total. The lowest BCUT2D eigenvalue weighted by atomic mass is 10.00. The van der Waals surface area contributed by atoms with Crippen molar-refractivity contribution >= 4 is 23.2 Å². The molecule has 0 aliphatic heterocycles. The summed E-state index contributed by atoms with van der Waals surface area (Å²) in [5, 5.41) is 14.8. The molecular formula is C28H26F5N7O4. The highest BCUT2D eigenvalue weighted by atomic mass is 19.4. The van der Waals surface area contributed by atoms with Gasteiger partial charge in [0.1, 0.15) is 30.9 Å². The van der Waals surface area contributed by atoms with Crippen molar-refractivity contribution in [2.75, 3.05) is 24.3 Å². The highest BCUT2D eigenvalue weighted by molar-refractivity contribution is 5.99. The number of alkyl halides is 4. The summed E-state index contributed by atoms with van der Waals surface area (Å²) in [6.45, 7) is 0.431. The fourth-order valence-electron chi connectivity index (χ4n) is 4.20. The minimum absolute atomic E-state index is 0.0490. The van der Waals surface area contributed by atoms with E-state index >= 15 is 4.39 Å². The van der Waals surface area contributed by atoms with Crippen LogP contribution in [-0.2, 0) is 11.2 Å². The first-order valence-electron chi connectivity index (χ1n) is 12.9. The average molecular weight is 620 g/mol. The fraction of sp³-hybridized carbons (Fsp3) is 0.214. The molecule has 0 fully saturated rings. The van der Waals surface area contributed by atoms with Crippen LogP contribution in [0, 0.1) is 11.2 Å². The van der Waals surface area contributed by atoms with E-state index in [1.165, 1.54) is 30.3 Å². The number of anilines is 2. The minimum Gasteiger partial charge on any atom is -0.488 e. The predicted octanol–water partition coefficient (Wildman–Crippen LogP) is 4.15. The van der Waals surface area contributed by atoms with Crippen molar-refractivity contribution in [2.45, 2.75) is 25.6 Å². The molecule has 0 aliphatic carbocycles. The summed E-state index contributed by atoms with van der Waals surface area (Å²) in [7, 11) is 0. The van der Waals surface area contributed by atoms with Gasteiger partial charge in [-0.25, -0.2) is 18.4 Å². The highest BCUT2D eigenvalue weighted by Crippen LogP contribution is 2.34. The molecule has 0 aliphatic rings. The molecule has 0 radical (unpaired) electrons. The summed E-state index contributed by atoms with van der Waals surface area (Å²) in [5.41, 5.74) is 11.2. The van der Waals surface area contributed by atoms with Crippen LogP contribution in [0.1, 0.15) is 35.5 Å². The molecule has 7 N–H and O–H groups in total. The van der Waals surface area contributed by atoms with Crippen molar-refractivity contribution in [1.29, 1.82) is 5.41 Å². The number of nitrogens with zero attached hydrogens (tertiary/aromatic N) is 2. The molecule has 1 heterocycles. The number of esters is 1. The SMILES string of the molecule is CCc1cc(OCCF)c(F)c(C(Nc2ccc(C(=N)N)c(OC(=O)C(F)(F)F)c2)c2nn(-c3ccccc3N)c(=O)[nH]2)c1. The van der Waals surface area contributed by atoms with Gasteiger partial charge in [-0.05, 0) is 42.3 Å². The second-order valence-electron chi connectivity index (χ2n) is 9.26. The van der Waals surface area contributed by atoms with Crippen molar-refractivity contribution in [2.24, 2.45) is 5.73 Å². The van der Waals surface area contributed by atoms with Gasteiger partial charge in [0.05, 0.1) is 16.9 Å². The van der Waals surface area contributed by atoms with Crippen LogP contribution in [0.5, 0.6) is 11.5 Å². The number of hydrogen-bond acceptors (Lipinski definition) is 8. The molecule has 16 heteroatoms. The number of carbonyl (C=O) groups is 1. The van der Waals surface area contributed by atoms with Crippen molar-refractivity contribution in [3.63, 3.8) is 0 Å². The molecule has 1 atom stereocenters. The Morgan fingerprint density at radius 2 is 1.89 bits per heavy atom. The van der Waals surface area contributed by atoms with Crippen LogP contribution in [0.3, 0.4) is 0 Å². The Morgan fingerprint density at radius 3 is 2.52 bits per heavy atom. The summed E-state index contributed by atoms with van der Waals surface area (Å²) in [5.74, 6) is -5.36. The van der Waals surface area contributed by atoms with Gasteiger partial charge >= 0.3 is 17.8 Å². The smallest absolute Gasteiger partial charge is 0.488 e. The second kappa shape index (κ2) is 12.8. The van der Waals surface area contributed by atoms with Crippen LogP contribution in [-0.4, -0.2) is 46.0 Å². The quantitative estimate of drug-likeness (QED) is 0.0416. The largest absolute Gasteiger partial charge is 0.491 e. The number of hydrogen-bond donors (Lipinski definition) is 5. The van der Waals surface area contributed by atoms with Gasteiger partial charge in [0, 0.05) is 17.3 Å². The van der Waals surface area contributed by atoms with Crippen LogP contribution < -0.4 is 31.9 Å². The normalized spacial score (nSPS) is 12.0. The van der Waals surface area contributed by atoms with Crippen molar-refractivity contribution in [3.8, 4) is 17.2 Å². The molecule has 4 rings (SSSR count). The average Bonchev–Trinajstić information content (AvgIpc) is 3.36. The van der Waals surface area contributed by atoms with Crippen LogP contribution in [0.15, 0.2) is 59.4 Å². The number of carbonyl (C=O) groups excluding carboxylic acids is 1. The van der Waals surface area contributed by atoms with Gasteiger partial charge in [-0.15, -0.1) is 5.10 Å². The van der Waals surface area contributed by atoms with Gasteiger partial charge in [0.2, 0.25) is 0 Å². The molecule has 3 aromatic carbocycles. The first-order valence-corrected chi connectivity index (χ1v) is 12.9. The number of aromatic amines is 1. The van der Waals surface area contributed by atoms with E-state index in [4.69, 9.17) is 21.6 Å². The van der Waals surface area contributed by atoms with E-state index in [-0.39, 0.29) is 39.8 Å². The summed E-state index contributed by atoms with van der Waals surface area (Å²) in [6, 6.07) is 11.1. The highest BCUT2D eigenvalue weighted by Gasteiger charge is 2.42. The molecule has 1 aromatic heterocycles. The Kier molecular flexibility index (Phi) is 9.20. The van der Waals surface area contributed by atoms with Gasteiger partial charge in [-0.3, -0.25) is 10.4 Å². The Hall–Kier alpha value is -5.41. The van der Waals surface area contributed by atoms with Crippen molar-refractivity contribution in [1.82, 2.24) is 14.8 Å². The van der Waals surface area contributed by atoms with Gasteiger partial charge in [0.15, 0.2) is 17.4 Å². The van der Waals surface area contributed by atoms with Crippen LogP contribution >= 0.6 is 0 Å². The zero-order valence-corrected chi connectivity index (χ0v) is 23.0. The number of nitrogens with two attached hydrogens (primary N) is 2. The number of rotatable bonds is 11. The van der Waals surface area contributed by atoms with Crippen LogP contribution in [0.2, 0.25) is 0 Å². The third kappa shape index (κ3) is 6.79. The van der Waals surface area contributed by atoms with Crippen LogP contribution in [0.4, 0.5) is 33.3 Å². The molecule has 1 unspecified atom stereocenters. The number of aryl methyl sites for hydroxylation is 1. The van der Waals surface area contributed by atoms with Gasteiger partial charge in [-0.2, -0.15) is 17.9 Å². The van der Waals surface area contributed by atoms with Gasteiger partial charge in [-0.1, -0.05) is 25.1 Å². The van der Waals surface area contributed by atoms with Crippen LogP contribution in [0.25, 0.3) is 5.69 Å². The third-order valence-electron chi connectivity index (χ3n) is 6.27. The molecular weight excluding hydrogens is 593 g/mol. The monoisotopic (exact) mass is 619 g/mol. The Bertz CT molecular complexity index is 1750. The summed E-state index contributed by atoms with van der Waals surface area (Å²) >= 11 is 0. The second-order valence-corrected chi connectivity index (χ2v) is 9.26. The predicted molar refractivity (Wildman–Crippen MR) is 150 cm³/mol. The van der Waals surface area contributed by atoms with E-state index in [2.05, 4.69) is 20.1 Å². The number of aromatic nitrogens is 3.